The van der Waals surface area contributed by atoms with Gasteiger partial charge in [0.15, 0.2) is 11.5 Å². The molecule has 6 heteroatoms. The van der Waals surface area contributed by atoms with Crippen molar-refractivity contribution in [2.75, 3.05) is 21.3 Å². The third kappa shape index (κ3) is 2.75. The minimum Gasteiger partial charge on any atom is -0.506 e. The molecule has 26 heavy (non-hydrogen) atoms. The molecule has 3 rings (SSSR count). The molecule has 134 valence electrons. The molecule has 0 amide bonds. The first-order chi connectivity index (χ1) is 12.5. The number of carbonyl (C=O) groups is 1. The molecular weight excluding hydrogens is 336 g/mol. The van der Waals surface area contributed by atoms with Gasteiger partial charge in [-0.15, -0.1) is 0 Å². The Morgan fingerprint density at radius 3 is 2.08 bits per heavy atom. The molecule has 0 heterocycles. The zero-order valence-corrected chi connectivity index (χ0v) is 14.6. The maximum atomic E-state index is 12.1. The van der Waals surface area contributed by atoms with Crippen LogP contribution in [0.5, 0.6) is 23.0 Å². The average Bonchev–Trinajstić information content (AvgIpc) is 2.67. The van der Waals surface area contributed by atoms with Crippen molar-refractivity contribution in [1.82, 2.24) is 0 Å². The summed E-state index contributed by atoms with van der Waals surface area (Å²) in [5.41, 5.74) is 0.989. The van der Waals surface area contributed by atoms with E-state index in [0.717, 1.165) is 10.8 Å². The number of fused-ring (bicyclic) bond motifs is 1. The second-order valence-corrected chi connectivity index (χ2v) is 5.59. The Morgan fingerprint density at radius 2 is 1.50 bits per heavy atom. The normalized spacial score (nSPS) is 10.6. The highest BCUT2D eigenvalue weighted by Gasteiger charge is 2.22. The molecule has 0 spiro atoms. The highest BCUT2D eigenvalue weighted by atomic mass is 16.5. The standard InChI is InChI=1S/C20H18O6/c1-24-15-9-12(10-16(25-2)19(15)22)17-13-7-5-4-6-11(13)8-14(18(17)21)20(23)26-3/h4-10,21-22H,1-3H3. The number of benzene rings is 3. The fourth-order valence-electron chi connectivity index (χ4n) is 2.93. The lowest BCUT2D eigenvalue weighted by molar-refractivity contribution is 0.0597. The van der Waals surface area contributed by atoms with E-state index in [1.165, 1.54) is 21.3 Å². The van der Waals surface area contributed by atoms with Crippen LogP contribution in [0.1, 0.15) is 10.4 Å². The number of esters is 1. The first kappa shape index (κ1) is 17.4. The number of hydrogen-bond donors (Lipinski definition) is 2. The Balaban J connectivity index is 2.41. The van der Waals surface area contributed by atoms with Gasteiger partial charge in [0.25, 0.3) is 0 Å². The minimum absolute atomic E-state index is 0.0483. The number of carbonyl (C=O) groups excluding carboxylic acids is 1. The van der Waals surface area contributed by atoms with E-state index in [1.807, 2.05) is 24.3 Å². The summed E-state index contributed by atoms with van der Waals surface area (Å²) in [6.07, 6.45) is 0. The van der Waals surface area contributed by atoms with E-state index >= 15 is 0 Å². The zero-order chi connectivity index (χ0) is 18.8. The summed E-state index contributed by atoms with van der Waals surface area (Å²) < 4.78 is 15.2. The summed E-state index contributed by atoms with van der Waals surface area (Å²) in [7, 11) is 4.09. The van der Waals surface area contributed by atoms with Crippen molar-refractivity contribution in [3.8, 4) is 34.1 Å². The van der Waals surface area contributed by atoms with E-state index in [2.05, 4.69) is 0 Å². The van der Waals surface area contributed by atoms with Crippen molar-refractivity contribution < 1.29 is 29.2 Å². The van der Waals surface area contributed by atoms with Crippen LogP contribution in [0, 0.1) is 0 Å². The largest absolute Gasteiger partial charge is 0.506 e. The molecule has 0 fully saturated rings. The Morgan fingerprint density at radius 1 is 0.885 bits per heavy atom. The molecule has 0 saturated carbocycles. The van der Waals surface area contributed by atoms with Crippen molar-refractivity contribution in [2.45, 2.75) is 0 Å². The van der Waals surface area contributed by atoms with Crippen LogP contribution in [-0.4, -0.2) is 37.5 Å². The van der Waals surface area contributed by atoms with Crippen LogP contribution < -0.4 is 9.47 Å². The molecule has 0 aromatic heterocycles. The number of ether oxygens (including phenoxy) is 3. The number of methoxy groups -OCH3 is 3. The van der Waals surface area contributed by atoms with Crippen LogP contribution in [0.15, 0.2) is 42.5 Å². The third-order valence-corrected chi connectivity index (χ3v) is 4.20. The van der Waals surface area contributed by atoms with E-state index in [9.17, 15) is 15.0 Å². The summed E-state index contributed by atoms with van der Waals surface area (Å²) in [5, 5.41) is 22.4. The summed E-state index contributed by atoms with van der Waals surface area (Å²) in [6.45, 7) is 0. The van der Waals surface area contributed by atoms with Gasteiger partial charge in [-0.1, -0.05) is 24.3 Å². The molecule has 0 radical (unpaired) electrons. The summed E-state index contributed by atoms with van der Waals surface area (Å²) in [4.78, 5) is 12.1. The number of phenolic OH excluding ortho intramolecular Hbond substituents is 2. The number of hydrogen-bond acceptors (Lipinski definition) is 6. The van der Waals surface area contributed by atoms with Crippen LogP contribution in [0.2, 0.25) is 0 Å². The Labute approximate surface area is 150 Å². The molecule has 0 bridgehead atoms. The first-order valence-corrected chi connectivity index (χ1v) is 7.80. The van der Waals surface area contributed by atoms with E-state index < -0.39 is 5.97 Å². The van der Waals surface area contributed by atoms with Gasteiger partial charge in [-0.3, -0.25) is 0 Å². The molecule has 0 aliphatic carbocycles. The van der Waals surface area contributed by atoms with E-state index in [-0.39, 0.29) is 28.6 Å². The Kier molecular flexibility index (Phi) is 4.58. The number of phenols is 2. The lowest BCUT2D eigenvalue weighted by atomic mass is 9.93. The topological polar surface area (TPSA) is 85.2 Å². The SMILES string of the molecule is COC(=O)c1cc2ccccc2c(-c2cc(OC)c(O)c(OC)c2)c1O. The van der Waals surface area contributed by atoms with Crippen molar-refractivity contribution in [2.24, 2.45) is 0 Å². The van der Waals surface area contributed by atoms with Crippen molar-refractivity contribution >= 4 is 16.7 Å². The average molecular weight is 354 g/mol. The van der Waals surface area contributed by atoms with Crippen molar-refractivity contribution in [3.63, 3.8) is 0 Å². The van der Waals surface area contributed by atoms with Gasteiger partial charge in [0, 0.05) is 5.56 Å². The minimum atomic E-state index is -0.646. The van der Waals surface area contributed by atoms with Crippen LogP contribution in [0.3, 0.4) is 0 Å². The molecule has 0 saturated heterocycles. The molecule has 0 aliphatic rings. The van der Waals surface area contributed by atoms with Gasteiger partial charge in [-0.05, 0) is 34.5 Å². The van der Waals surface area contributed by atoms with Gasteiger partial charge in [-0.25, -0.2) is 4.79 Å². The van der Waals surface area contributed by atoms with Gasteiger partial charge < -0.3 is 24.4 Å². The van der Waals surface area contributed by atoms with Gasteiger partial charge in [-0.2, -0.15) is 0 Å². The van der Waals surface area contributed by atoms with Crippen LogP contribution in [0.25, 0.3) is 21.9 Å². The summed E-state index contributed by atoms with van der Waals surface area (Å²) in [5.74, 6) is -0.637. The van der Waals surface area contributed by atoms with Crippen LogP contribution in [-0.2, 0) is 4.74 Å². The maximum Gasteiger partial charge on any atom is 0.341 e. The van der Waals surface area contributed by atoms with E-state index in [4.69, 9.17) is 14.2 Å². The summed E-state index contributed by atoms with van der Waals surface area (Å²) >= 11 is 0. The second-order valence-electron chi connectivity index (χ2n) is 5.59. The molecule has 0 aliphatic heterocycles. The lowest BCUT2D eigenvalue weighted by Gasteiger charge is -2.16. The van der Waals surface area contributed by atoms with Crippen LogP contribution in [0.4, 0.5) is 0 Å². The van der Waals surface area contributed by atoms with Crippen molar-refractivity contribution in [3.05, 3.63) is 48.0 Å². The fourth-order valence-corrected chi connectivity index (χ4v) is 2.93. The Bertz CT molecular complexity index is 968. The predicted octanol–water partition coefficient (Wildman–Crippen LogP) is 3.72. The highest BCUT2D eigenvalue weighted by Crippen LogP contribution is 2.45. The van der Waals surface area contributed by atoms with Gasteiger partial charge in [0.1, 0.15) is 11.3 Å². The lowest BCUT2D eigenvalue weighted by Crippen LogP contribution is -2.03. The number of rotatable bonds is 4. The molecule has 2 N–H and O–H groups in total. The second kappa shape index (κ2) is 6.84. The zero-order valence-electron chi connectivity index (χ0n) is 14.6. The molecular formula is C20H18O6. The van der Waals surface area contributed by atoms with Gasteiger partial charge in [0.05, 0.1) is 21.3 Å². The molecule has 6 nitrogen and oxygen atoms in total. The first-order valence-electron chi connectivity index (χ1n) is 7.80. The van der Waals surface area contributed by atoms with Crippen LogP contribution >= 0.6 is 0 Å². The number of aromatic hydroxyl groups is 2. The quantitative estimate of drug-likeness (QED) is 0.695. The third-order valence-electron chi connectivity index (χ3n) is 4.20. The maximum absolute atomic E-state index is 12.1. The fraction of sp³-hybridized carbons (Fsp3) is 0.150. The molecule has 3 aromatic carbocycles. The van der Waals surface area contributed by atoms with E-state index in [0.29, 0.717) is 11.1 Å². The smallest absolute Gasteiger partial charge is 0.341 e. The highest BCUT2D eigenvalue weighted by molar-refractivity contribution is 6.07. The van der Waals surface area contributed by atoms with E-state index in [1.54, 1.807) is 18.2 Å². The van der Waals surface area contributed by atoms with Gasteiger partial charge >= 0.3 is 5.97 Å². The van der Waals surface area contributed by atoms with Gasteiger partial charge in [0.2, 0.25) is 5.75 Å². The van der Waals surface area contributed by atoms with Crippen molar-refractivity contribution in [1.29, 1.82) is 0 Å². The molecule has 0 atom stereocenters. The molecule has 0 unspecified atom stereocenters. The molecule has 3 aromatic rings. The monoisotopic (exact) mass is 354 g/mol. The summed E-state index contributed by atoms with van der Waals surface area (Å²) in [6, 6.07) is 12.0. The predicted molar refractivity (Wildman–Crippen MR) is 97.2 cm³/mol. The Hall–Kier alpha value is -3.41.